The predicted octanol–water partition coefficient (Wildman–Crippen LogP) is 2.12. The number of carbonyl (C=O) groups is 2. The van der Waals surface area contributed by atoms with Crippen LogP contribution in [0.2, 0.25) is 0 Å². The largest absolute Gasteiger partial charge is 0.508 e. The van der Waals surface area contributed by atoms with E-state index in [1.807, 2.05) is 13.8 Å². The number of phenolic OH excluding ortho intramolecular Hbond substituents is 1. The summed E-state index contributed by atoms with van der Waals surface area (Å²) in [6.45, 7) is 4.64. The monoisotopic (exact) mass is 613 g/mol. The third-order valence-corrected chi connectivity index (χ3v) is 8.31. The first-order valence-electron chi connectivity index (χ1n) is 15.8. The molecule has 13 nitrogen and oxygen atoms in total. The zero-order valence-electron chi connectivity index (χ0n) is 26.2. The molecule has 1 fully saturated rings. The number of aryl methyl sites for hydroxylation is 2. The number of benzene rings is 1. The fourth-order valence-corrected chi connectivity index (χ4v) is 5.82. The Morgan fingerprint density at radius 3 is 2.43 bits per heavy atom. The van der Waals surface area contributed by atoms with E-state index in [2.05, 4.69) is 26.1 Å². The minimum Gasteiger partial charge on any atom is -0.508 e. The van der Waals surface area contributed by atoms with Crippen molar-refractivity contribution in [1.82, 2.24) is 26.1 Å². The molecule has 0 radical (unpaired) electrons. The van der Waals surface area contributed by atoms with Gasteiger partial charge < -0.3 is 42.8 Å². The summed E-state index contributed by atoms with van der Waals surface area (Å²) in [5.41, 5.74) is 19.7. The fraction of sp³-hybridized carbons (Fsp3) is 0.645. The van der Waals surface area contributed by atoms with Gasteiger partial charge in [0.15, 0.2) is 11.8 Å². The number of guanidine groups is 1. The molecule has 1 aliphatic carbocycles. The van der Waals surface area contributed by atoms with Gasteiger partial charge in [0.25, 0.3) is 0 Å². The molecular weight excluding hydrogens is 562 g/mol. The van der Waals surface area contributed by atoms with E-state index < -0.39 is 29.9 Å². The number of unbranched alkanes of at least 4 members (excludes halogenated alkanes) is 1. The lowest BCUT2D eigenvalue weighted by Crippen LogP contribution is -2.53. The maximum absolute atomic E-state index is 13.9. The molecule has 11 N–H and O–H groups in total. The number of hydrogen-bond acceptors (Lipinski definition) is 9. The van der Waals surface area contributed by atoms with E-state index in [-0.39, 0.29) is 18.1 Å². The highest BCUT2D eigenvalue weighted by molar-refractivity contribution is 5.90. The number of aromatic nitrogens is 2. The van der Waals surface area contributed by atoms with Gasteiger partial charge in [0.1, 0.15) is 17.8 Å². The van der Waals surface area contributed by atoms with E-state index in [4.69, 9.17) is 27.1 Å². The average molecular weight is 614 g/mol. The zero-order valence-corrected chi connectivity index (χ0v) is 26.2. The van der Waals surface area contributed by atoms with Gasteiger partial charge in [-0.25, -0.2) is 0 Å². The van der Waals surface area contributed by atoms with Crippen LogP contribution in [0.25, 0.3) is 0 Å². The quantitative estimate of drug-likeness (QED) is 0.0735. The van der Waals surface area contributed by atoms with Crippen LogP contribution in [-0.4, -0.2) is 58.2 Å². The third-order valence-electron chi connectivity index (χ3n) is 8.31. The number of hydrogen-bond donors (Lipinski definition) is 8. The molecule has 3 unspecified atom stereocenters. The molecule has 2 amide bonds. The van der Waals surface area contributed by atoms with Crippen molar-refractivity contribution in [2.45, 2.75) is 109 Å². The van der Waals surface area contributed by atoms with Crippen LogP contribution < -0.4 is 33.2 Å². The molecular formula is C31H51N9O4. The van der Waals surface area contributed by atoms with Gasteiger partial charge in [-0.3, -0.25) is 15.0 Å². The van der Waals surface area contributed by atoms with Crippen molar-refractivity contribution in [2.24, 2.45) is 23.1 Å². The van der Waals surface area contributed by atoms with Gasteiger partial charge in [0.05, 0.1) is 6.04 Å². The molecule has 1 heterocycles. The molecule has 3 atom stereocenters. The molecule has 44 heavy (non-hydrogen) atoms. The van der Waals surface area contributed by atoms with Gasteiger partial charge in [0, 0.05) is 19.4 Å². The summed E-state index contributed by atoms with van der Waals surface area (Å²) in [6.07, 6.45) is 9.91. The number of carbonyl (C=O) groups excluding carboxylic acids is 2. The molecule has 13 heteroatoms. The molecule has 2 aromatic rings. The third kappa shape index (κ3) is 11.1. The highest BCUT2D eigenvalue weighted by Gasteiger charge is 2.29. The number of aromatic hydroxyl groups is 1. The minimum absolute atomic E-state index is 0.135. The number of nitrogens with zero attached hydrogens (tertiary/aromatic N) is 2. The molecule has 244 valence electrons. The second-order valence-corrected chi connectivity index (χ2v) is 12.0. The van der Waals surface area contributed by atoms with Gasteiger partial charge in [-0.15, -0.1) is 0 Å². The Morgan fingerprint density at radius 1 is 1.07 bits per heavy atom. The van der Waals surface area contributed by atoms with E-state index in [0.717, 1.165) is 48.8 Å². The highest BCUT2D eigenvalue weighted by Crippen LogP contribution is 2.27. The van der Waals surface area contributed by atoms with Crippen molar-refractivity contribution < 1.29 is 19.2 Å². The van der Waals surface area contributed by atoms with E-state index >= 15 is 0 Å². The van der Waals surface area contributed by atoms with E-state index in [1.54, 1.807) is 12.1 Å². The van der Waals surface area contributed by atoms with Crippen molar-refractivity contribution >= 4 is 17.8 Å². The predicted molar refractivity (Wildman–Crippen MR) is 169 cm³/mol. The molecule has 1 aromatic heterocycles. The van der Waals surface area contributed by atoms with Crippen molar-refractivity contribution in [2.75, 3.05) is 13.1 Å². The average Bonchev–Trinajstić information content (AvgIpc) is 3.44. The topological polar surface area (TPSA) is 231 Å². The second kappa shape index (κ2) is 17.6. The van der Waals surface area contributed by atoms with Gasteiger partial charge >= 0.3 is 0 Å². The van der Waals surface area contributed by atoms with Gasteiger partial charge in [-0.05, 0) is 87.2 Å². The summed E-state index contributed by atoms with van der Waals surface area (Å²) in [5.74, 6) is 0.652. The normalized spacial score (nSPS) is 15.7. The Hall–Kier alpha value is -3.71. The zero-order chi connectivity index (χ0) is 32.1. The summed E-state index contributed by atoms with van der Waals surface area (Å²) < 4.78 is 5.67. The summed E-state index contributed by atoms with van der Waals surface area (Å²) in [7, 11) is 0. The lowest BCUT2D eigenvalue weighted by atomic mass is 9.87. The van der Waals surface area contributed by atoms with Crippen molar-refractivity contribution in [3.63, 3.8) is 0 Å². The van der Waals surface area contributed by atoms with Crippen LogP contribution in [0.5, 0.6) is 5.75 Å². The summed E-state index contributed by atoms with van der Waals surface area (Å²) in [6, 6.07) is 0.908. The Kier molecular flexibility index (Phi) is 13.9. The Labute approximate surface area is 260 Å². The lowest BCUT2D eigenvalue weighted by Gasteiger charge is -2.24. The van der Waals surface area contributed by atoms with Crippen LogP contribution in [0.3, 0.4) is 0 Å². The molecule has 1 aliphatic rings. The molecule has 3 rings (SSSR count). The van der Waals surface area contributed by atoms with Crippen LogP contribution >= 0.6 is 0 Å². The Bertz CT molecular complexity index is 1210. The van der Waals surface area contributed by atoms with Crippen molar-refractivity contribution in [1.29, 1.82) is 5.41 Å². The first kappa shape index (κ1) is 34.8. The maximum Gasteiger partial charge on any atom is 0.249 e. The smallest absolute Gasteiger partial charge is 0.249 e. The van der Waals surface area contributed by atoms with Gasteiger partial charge in [-0.1, -0.05) is 37.3 Å². The number of amides is 2. The van der Waals surface area contributed by atoms with E-state index in [9.17, 15) is 14.7 Å². The molecule has 0 bridgehead atoms. The number of nitrogens with two attached hydrogens (primary N) is 3. The minimum atomic E-state index is -0.951. The molecule has 0 saturated heterocycles. The molecule has 1 aromatic carbocycles. The van der Waals surface area contributed by atoms with Crippen LogP contribution in [0.1, 0.15) is 98.7 Å². The summed E-state index contributed by atoms with van der Waals surface area (Å²) in [5, 5.41) is 30.1. The van der Waals surface area contributed by atoms with Crippen LogP contribution in [0.4, 0.5) is 0 Å². The van der Waals surface area contributed by atoms with Gasteiger partial charge in [0.2, 0.25) is 17.7 Å². The molecule has 0 spiro atoms. The Morgan fingerprint density at radius 2 is 1.77 bits per heavy atom. The van der Waals surface area contributed by atoms with Crippen LogP contribution in [0.15, 0.2) is 16.7 Å². The summed E-state index contributed by atoms with van der Waals surface area (Å²) in [4.78, 5) is 31.7. The maximum atomic E-state index is 13.9. The molecule has 0 aliphatic heterocycles. The van der Waals surface area contributed by atoms with Crippen molar-refractivity contribution in [3.8, 4) is 5.75 Å². The SMILES string of the molecule is Cc1cc(O)cc(C)c1CC(NC(=O)C(N)CCCNC(=N)N)C(=O)NC(CCCCN)c1nc(CC2CCCCC2)no1. The van der Waals surface area contributed by atoms with Gasteiger partial charge in [-0.2, -0.15) is 4.98 Å². The summed E-state index contributed by atoms with van der Waals surface area (Å²) >= 11 is 0. The first-order valence-corrected chi connectivity index (χ1v) is 15.8. The van der Waals surface area contributed by atoms with E-state index in [1.165, 1.54) is 19.3 Å². The second-order valence-electron chi connectivity index (χ2n) is 12.0. The van der Waals surface area contributed by atoms with Crippen molar-refractivity contribution in [3.05, 3.63) is 40.5 Å². The van der Waals surface area contributed by atoms with E-state index in [0.29, 0.717) is 50.0 Å². The standard InChI is InChI=1S/C31H51N9O4/c1-19-15-22(41)16-20(2)23(19)18-26(38-28(42)24(33)11-8-14-36-31(34)35)29(43)37-25(12-6-7-13-32)30-39-27(40-44-30)17-21-9-4-3-5-10-21/h15-16,21,24-26,41H,3-14,17-18,32-33H2,1-2H3,(H,37,43)(H,38,42)(H4,34,35,36). The fourth-order valence-electron chi connectivity index (χ4n) is 5.82. The highest BCUT2D eigenvalue weighted by atomic mass is 16.5. The number of phenols is 1. The van der Waals surface area contributed by atoms with Crippen LogP contribution in [-0.2, 0) is 22.4 Å². The number of rotatable bonds is 17. The number of nitrogens with one attached hydrogen (secondary N) is 4. The Balaban J connectivity index is 1.78. The first-order chi connectivity index (χ1) is 21.1. The molecule has 1 saturated carbocycles. The van der Waals surface area contributed by atoms with Crippen LogP contribution in [0, 0.1) is 25.2 Å². The lowest BCUT2D eigenvalue weighted by molar-refractivity contribution is -0.130.